The second kappa shape index (κ2) is 7.36. The van der Waals surface area contributed by atoms with Crippen LogP contribution in [0.15, 0.2) is 28.8 Å². The highest BCUT2D eigenvalue weighted by Gasteiger charge is 2.24. The Balaban J connectivity index is 1.50. The van der Waals surface area contributed by atoms with Gasteiger partial charge in [-0.25, -0.2) is 0 Å². The van der Waals surface area contributed by atoms with E-state index in [1.54, 1.807) is 13.8 Å². The van der Waals surface area contributed by atoms with E-state index in [1.807, 2.05) is 12.1 Å². The third-order valence-corrected chi connectivity index (χ3v) is 4.75. The summed E-state index contributed by atoms with van der Waals surface area (Å²) in [5.41, 5.74) is 2.47. The molecular weight excluding hydrogens is 326 g/mol. The van der Waals surface area contributed by atoms with Crippen molar-refractivity contribution in [1.29, 1.82) is 0 Å². The van der Waals surface area contributed by atoms with Gasteiger partial charge in [-0.2, -0.15) is 0 Å². The Kier molecular flexibility index (Phi) is 5.21. The third-order valence-electron chi connectivity index (χ3n) is 4.50. The number of carbonyl (C=O) groups excluding carboxylic acids is 1. The van der Waals surface area contributed by atoms with Gasteiger partial charge < -0.3 is 9.84 Å². The number of nitrogens with one attached hydrogen (secondary N) is 1. The van der Waals surface area contributed by atoms with Crippen molar-refractivity contribution in [3.8, 4) is 0 Å². The summed E-state index contributed by atoms with van der Waals surface area (Å²) in [7, 11) is 0. The first-order valence-electron chi connectivity index (χ1n) is 8.23. The van der Waals surface area contributed by atoms with Crippen LogP contribution in [0.4, 0.5) is 0 Å². The standard InChI is InChI=1S/C18H22ClN3O2/c1-12-17(13(2)24-21-12)18(23)20-16-7-9-22(10-8-16)11-14-3-5-15(19)6-4-14/h3-6,16H,7-11H2,1-2H3,(H,20,23). The fourth-order valence-electron chi connectivity index (χ4n) is 3.15. The van der Waals surface area contributed by atoms with E-state index in [-0.39, 0.29) is 11.9 Å². The van der Waals surface area contributed by atoms with Crippen LogP contribution in [-0.4, -0.2) is 35.1 Å². The highest BCUT2D eigenvalue weighted by atomic mass is 35.5. The average Bonchev–Trinajstić information content (AvgIpc) is 2.90. The van der Waals surface area contributed by atoms with Gasteiger partial charge in [0.25, 0.3) is 5.91 Å². The molecular formula is C18H22ClN3O2. The van der Waals surface area contributed by atoms with Crippen LogP contribution in [0.25, 0.3) is 0 Å². The fraction of sp³-hybridized carbons (Fsp3) is 0.444. The lowest BCUT2D eigenvalue weighted by Gasteiger charge is -2.32. The second-order valence-corrected chi connectivity index (χ2v) is 6.79. The van der Waals surface area contributed by atoms with Crippen molar-refractivity contribution in [1.82, 2.24) is 15.4 Å². The molecule has 6 heteroatoms. The summed E-state index contributed by atoms with van der Waals surface area (Å²) in [5.74, 6) is 0.493. The predicted molar refractivity (Wildman–Crippen MR) is 93.2 cm³/mol. The molecule has 0 unspecified atom stereocenters. The van der Waals surface area contributed by atoms with Crippen LogP contribution in [0.2, 0.25) is 5.02 Å². The summed E-state index contributed by atoms with van der Waals surface area (Å²) in [6, 6.07) is 8.18. The van der Waals surface area contributed by atoms with E-state index in [0.29, 0.717) is 17.0 Å². The lowest BCUT2D eigenvalue weighted by molar-refractivity contribution is 0.0907. The number of benzene rings is 1. The summed E-state index contributed by atoms with van der Waals surface area (Å²) < 4.78 is 5.07. The summed E-state index contributed by atoms with van der Waals surface area (Å²) in [4.78, 5) is 14.8. The number of likely N-dealkylation sites (tertiary alicyclic amines) is 1. The lowest BCUT2D eigenvalue weighted by atomic mass is 10.0. The van der Waals surface area contributed by atoms with Gasteiger partial charge in [0.05, 0.1) is 5.69 Å². The van der Waals surface area contributed by atoms with Crippen LogP contribution >= 0.6 is 11.6 Å². The van der Waals surface area contributed by atoms with Gasteiger partial charge in [-0.3, -0.25) is 9.69 Å². The molecule has 0 saturated carbocycles. The van der Waals surface area contributed by atoms with E-state index < -0.39 is 0 Å². The van der Waals surface area contributed by atoms with Gasteiger partial charge in [0.15, 0.2) is 0 Å². The van der Waals surface area contributed by atoms with Crippen molar-refractivity contribution >= 4 is 17.5 Å². The molecule has 1 aromatic heterocycles. The highest BCUT2D eigenvalue weighted by molar-refractivity contribution is 6.30. The molecule has 1 fully saturated rings. The highest BCUT2D eigenvalue weighted by Crippen LogP contribution is 2.17. The first-order valence-corrected chi connectivity index (χ1v) is 8.61. The largest absolute Gasteiger partial charge is 0.361 e. The van der Waals surface area contributed by atoms with Crippen molar-refractivity contribution in [3.05, 3.63) is 51.9 Å². The fourth-order valence-corrected chi connectivity index (χ4v) is 3.27. The van der Waals surface area contributed by atoms with Crippen molar-refractivity contribution in [2.24, 2.45) is 0 Å². The molecule has 1 amide bonds. The molecule has 0 atom stereocenters. The Bertz CT molecular complexity index is 684. The number of hydrogen-bond donors (Lipinski definition) is 1. The number of rotatable bonds is 4. The van der Waals surface area contributed by atoms with Gasteiger partial charge in [-0.15, -0.1) is 0 Å². The van der Waals surface area contributed by atoms with E-state index in [1.165, 1.54) is 5.56 Å². The SMILES string of the molecule is Cc1noc(C)c1C(=O)NC1CCN(Cc2ccc(Cl)cc2)CC1. The van der Waals surface area contributed by atoms with E-state index in [2.05, 4.69) is 27.5 Å². The Labute approximate surface area is 147 Å². The number of piperidine rings is 1. The molecule has 1 N–H and O–H groups in total. The van der Waals surface area contributed by atoms with Crippen molar-refractivity contribution < 1.29 is 9.32 Å². The quantitative estimate of drug-likeness (QED) is 0.921. The summed E-state index contributed by atoms with van der Waals surface area (Å²) in [6.07, 6.45) is 1.89. The van der Waals surface area contributed by atoms with E-state index in [0.717, 1.165) is 37.5 Å². The maximum absolute atomic E-state index is 12.4. The van der Waals surface area contributed by atoms with E-state index >= 15 is 0 Å². The number of aromatic nitrogens is 1. The Morgan fingerprint density at radius 3 is 2.54 bits per heavy atom. The minimum Gasteiger partial charge on any atom is -0.361 e. The van der Waals surface area contributed by atoms with Crippen molar-refractivity contribution in [2.45, 2.75) is 39.3 Å². The van der Waals surface area contributed by atoms with Crippen LogP contribution in [-0.2, 0) is 6.54 Å². The van der Waals surface area contributed by atoms with Gasteiger partial charge in [-0.05, 0) is 44.4 Å². The topological polar surface area (TPSA) is 58.4 Å². The first kappa shape index (κ1) is 17.0. The molecule has 5 nitrogen and oxygen atoms in total. The molecule has 1 aromatic carbocycles. The molecule has 0 spiro atoms. The number of hydrogen-bond acceptors (Lipinski definition) is 4. The third kappa shape index (κ3) is 3.97. The monoisotopic (exact) mass is 347 g/mol. The molecule has 0 bridgehead atoms. The molecule has 0 aliphatic carbocycles. The number of nitrogens with zero attached hydrogens (tertiary/aromatic N) is 2. The summed E-state index contributed by atoms with van der Waals surface area (Å²) in [6.45, 7) is 6.41. The first-order chi connectivity index (χ1) is 11.5. The number of aryl methyl sites for hydroxylation is 2. The zero-order chi connectivity index (χ0) is 17.1. The maximum Gasteiger partial charge on any atom is 0.257 e. The van der Waals surface area contributed by atoms with Crippen LogP contribution in [0, 0.1) is 13.8 Å². The molecule has 3 rings (SSSR count). The summed E-state index contributed by atoms with van der Waals surface area (Å²) >= 11 is 5.92. The van der Waals surface area contributed by atoms with Gasteiger partial charge >= 0.3 is 0 Å². The maximum atomic E-state index is 12.4. The van der Waals surface area contributed by atoms with Crippen molar-refractivity contribution in [3.63, 3.8) is 0 Å². The normalized spacial score (nSPS) is 16.3. The van der Waals surface area contributed by atoms with E-state index in [9.17, 15) is 4.79 Å². The molecule has 24 heavy (non-hydrogen) atoms. The average molecular weight is 348 g/mol. The smallest absolute Gasteiger partial charge is 0.257 e. The van der Waals surface area contributed by atoms with Crippen LogP contribution in [0.5, 0.6) is 0 Å². The molecule has 0 radical (unpaired) electrons. The summed E-state index contributed by atoms with van der Waals surface area (Å²) in [5, 5.41) is 7.72. The molecule has 2 aromatic rings. The Morgan fingerprint density at radius 1 is 1.29 bits per heavy atom. The number of carbonyl (C=O) groups is 1. The Morgan fingerprint density at radius 2 is 1.96 bits per heavy atom. The molecule has 128 valence electrons. The predicted octanol–water partition coefficient (Wildman–Crippen LogP) is 3.34. The van der Waals surface area contributed by atoms with Gasteiger partial charge in [0, 0.05) is 30.7 Å². The minimum atomic E-state index is -0.0811. The number of amides is 1. The second-order valence-electron chi connectivity index (χ2n) is 6.35. The zero-order valence-corrected chi connectivity index (χ0v) is 14.8. The minimum absolute atomic E-state index is 0.0811. The van der Waals surface area contributed by atoms with Crippen LogP contribution in [0.1, 0.15) is 40.2 Å². The Hall–Kier alpha value is -1.85. The molecule has 1 aliphatic heterocycles. The van der Waals surface area contributed by atoms with Gasteiger partial charge in [-0.1, -0.05) is 28.9 Å². The molecule has 1 aliphatic rings. The van der Waals surface area contributed by atoms with Crippen LogP contribution in [0.3, 0.4) is 0 Å². The molecule has 2 heterocycles. The van der Waals surface area contributed by atoms with Crippen molar-refractivity contribution in [2.75, 3.05) is 13.1 Å². The van der Waals surface area contributed by atoms with Gasteiger partial charge in [0.1, 0.15) is 11.3 Å². The zero-order valence-electron chi connectivity index (χ0n) is 14.0. The number of halogens is 1. The van der Waals surface area contributed by atoms with Crippen LogP contribution < -0.4 is 5.32 Å². The lowest BCUT2D eigenvalue weighted by Crippen LogP contribution is -2.44. The van der Waals surface area contributed by atoms with E-state index in [4.69, 9.17) is 16.1 Å². The molecule has 1 saturated heterocycles. The van der Waals surface area contributed by atoms with Gasteiger partial charge in [0.2, 0.25) is 0 Å².